The topological polar surface area (TPSA) is 62.0 Å². The zero-order chi connectivity index (χ0) is 19.7. The summed E-state index contributed by atoms with van der Waals surface area (Å²) in [6, 6.07) is 16.4. The predicted molar refractivity (Wildman–Crippen MR) is 108 cm³/mol. The lowest BCUT2D eigenvalue weighted by atomic mass is 10.0. The molecular formula is C23H28O6. The molecule has 2 unspecified atom stereocenters. The van der Waals surface area contributed by atoms with Crippen LogP contribution in [0.2, 0.25) is 0 Å². The first-order valence-corrected chi connectivity index (χ1v) is 10.2. The molecule has 0 amide bonds. The van der Waals surface area contributed by atoms with E-state index in [4.69, 9.17) is 28.4 Å². The van der Waals surface area contributed by atoms with Gasteiger partial charge in [-0.15, -0.1) is 0 Å². The van der Waals surface area contributed by atoms with E-state index >= 15 is 0 Å². The number of benzene rings is 2. The lowest BCUT2D eigenvalue weighted by Gasteiger charge is -2.09. The van der Waals surface area contributed by atoms with Gasteiger partial charge < -0.3 is 28.4 Å². The highest BCUT2D eigenvalue weighted by Crippen LogP contribution is 2.18. The van der Waals surface area contributed by atoms with Crippen molar-refractivity contribution in [1.82, 2.24) is 0 Å². The molecule has 2 aromatic rings. The first-order chi connectivity index (χ1) is 14.3. The van der Waals surface area contributed by atoms with Crippen molar-refractivity contribution in [2.75, 3.05) is 52.9 Å². The minimum Gasteiger partial charge on any atom is -0.491 e. The molecule has 0 bridgehead atoms. The van der Waals surface area contributed by atoms with Gasteiger partial charge >= 0.3 is 0 Å². The minimum atomic E-state index is 0.302. The summed E-state index contributed by atoms with van der Waals surface area (Å²) in [5.74, 6) is 1.72. The Morgan fingerprint density at radius 3 is 1.41 bits per heavy atom. The van der Waals surface area contributed by atoms with Crippen molar-refractivity contribution in [3.05, 3.63) is 59.7 Å². The Bertz CT molecular complexity index is 659. The second-order valence-electron chi connectivity index (χ2n) is 7.22. The average Bonchev–Trinajstić information content (AvgIpc) is 3.66. The quantitative estimate of drug-likeness (QED) is 0.359. The SMILES string of the molecule is c1cc(OCCOCC2CO2)ccc1Cc1ccc(OCCOCC2CO2)cc1. The van der Waals surface area contributed by atoms with Gasteiger partial charge in [-0.25, -0.2) is 0 Å². The summed E-state index contributed by atoms with van der Waals surface area (Å²) >= 11 is 0. The molecule has 6 heteroatoms. The van der Waals surface area contributed by atoms with Gasteiger partial charge in [0, 0.05) is 0 Å². The molecule has 0 spiro atoms. The molecule has 6 nitrogen and oxygen atoms in total. The monoisotopic (exact) mass is 400 g/mol. The molecule has 2 saturated heterocycles. The first-order valence-electron chi connectivity index (χ1n) is 10.2. The molecule has 2 aliphatic rings. The van der Waals surface area contributed by atoms with E-state index in [0.29, 0.717) is 51.8 Å². The van der Waals surface area contributed by atoms with Crippen LogP contribution in [0.4, 0.5) is 0 Å². The Balaban J connectivity index is 1.12. The zero-order valence-electron chi connectivity index (χ0n) is 16.6. The van der Waals surface area contributed by atoms with Gasteiger partial charge in [0.25, 0.3) is 0 Å². The number of epoxide rings is 2. The number of rotatable bonds is 14. The van der Waals surface area contributed by atoms with E-state index in [1.165, 1.54) is 11.1 Å². The molecule has 2 atom stereocenters. The van der Waals surface area contributed by atoms with Crippen molar-refractivity contribution in [3.8, 4) is 11.5 Å². The fourth-order valence-corrected chi connectivity index (χ4v) is 2.84. The molecule has 0 saturated carbocycles. The van der Waals surface area contributed by atoms with Crippen molar-refractivity contribution in [2.24, 2.45) is 0 Å². The molecule has 2 aromatic carbocycles. The van der Waals surface area contributed by atoms with Crippen molar-refractivity contribution in [1.29, 1.82) is 0 Å². The van der Waals surface area contributed by atoms with E-state index < -0.39 is 0 Å². The van der Waals surface area contributed by atoms with Gasteiger partial charge in [-0.2, -0.15) is 0 Å². The summed E-state index contributed by atoms with van der Waals surface area (Å²) in [7, 11) is 0. The lowest BCUT2D eigenvalue weighted by molar-refractivity contribution is 0.0878. The fourth-order valence-electron chi connectivity index (χ4n) is 2.84. The molecule has 156 valence electrons. The maximum absolute atomic E-state index is 5.70. The van der Waals surface area contributed by atoms with E-state index in [2.05, 4.69) is 24.3 Å². The van der Waals surface area contributed by atoms with Gasteiger partial charge in [-0.05, 0) is 41.8 Å². The van der Waals surface area contributed by atoms with Crippen LogP contribution in [-0.4, -0.2) is 65.1 Å². The van der Waals surface area contributed by atoms with E-state index in [0.717, 1.165) is 31.1 Å². The van der Waals surface area contributed by atoms with Crippen molar-refractivity contribution < 1.29 is 28.4 Å². The van der Waals surface area contributed by atoms with E-state index in [1.54, 1.807) is 0 Å². The Morgan fingerprint density at radius 1 is 0.621 bits per heavy atom. The van der Waals surface area contributed by atoms with Crippen LogP contribution in [0, 0.1) is 0 Å². The Labute approximate surface area is 171 Å². The minimum absolute atomic E-state index is 0.302. The molecule has 0 aliphatic carbocycles. The second-order valence-corrected chi connectivity index (χ2v) is 7.22. The zero-order valence-corrected chi connectivity index (χ0v) is 16.6. The van der Waals surface area contributed by atoms with Crippen LogP contribution in [0.15, 0.2) is 48.5 Å². The third-order valence-corrected chi connectivity index (χ3v) is 4.66. The largest absolute Gasteiger partial charge is 0.491 e. The Hall–Kier alpha value is -2.12. The van der Waals surface area contributed by atoms with Crippen molar-refractivity contribution >= 4 is 0 Å². The summed E-state index contributed by atoms with van der Waals surface area (Å²) in [5, 5.41) is 0. The molecule has 4 rings (SSSR count). The fraction of sp³-hybridized carbons (Fsp3) is 0.478. The van der Waals surface area contributed by atoms with Crippen LogP contribution in [-0.2, 0) is 25.4 Å². The first kappa shape index (κ1) is 20.2. The third-order valence-electron chi connectivity index (χ3n) is 4.66. The van der Waals surface area contributed by atoms with Crippen LogP contribution in [0.5, 0.6) is 11.5 Å². The van der Waals surface area contributed by atoms with Crippen molar-refractivity contribution in [3.63, 3.8) is 0 Å². The summed E-state index contributed by atoms with van der Waals surface area (Å²) < 4.78 is 32.5. The number of hydrogen-bond donors (Lipinski definition) is 0. The molecular weight excluding hydrogens is 372 g/mol. The van der Waals surface area contributed by atoms with Crippen LogP contribution < -0.4 is 9.47 Å². The summed E-state index contributed by atoms with van der Waals surface area (Å²) in [5.41, 5.74) is 2.48. The van der Waals surface area contributed by atoms with Gasteiger partial charge in [-0.1, -0.05) is 24.3 Å². The molecule has 29 heavy (non-hydrogen) atoms. The van der Waals surface area contributed by atoms with Gasteiger partial charge in [0.05, 0.1) is 39.6 Å². The standard InChI is InChI=1S/C23H28O6/c1-5-20(26-11-9-24-14-22-16-28-22)6-2-18(1)13-19-3-7-21(8-4-19)27-12-10-25-15-23-17-29-23/h1-8,22-23H,9-17H2. The smallest absolute Gasteiger partial charge is 0.119 e. The Kier molecular flexibility index (Phi) is 7.37. The molecule has 2 aliphatic heterocycles. The molecule has 2 fully saturated rings. The molecule has 2 heterocycles. The molecule has 0 N–H and O–H groups in total. The third kappa shape index (κ3) is 7.66. The van der Waals surface area contributed by atoms with Crippen LogP contribution in [0.1, 0.15) is 11.1 Å². The Morgan fingerprint density at radius 2 is 1.03 bits per heavy atom. The maximum Gasteiger partial charge on any atom is 0.119 e. The summed E-state index contributed by atoms with van der Waals surface area (Å²) in [6.45, 7) is 5.23. The van der Waals surface area contributed by atoms with E-state index in [9.17, 15) is 0 Å². The highest BCUT2D eigenvalue weighted by molar-refractivity contribution is 5.34. The van der Waals surface area contributed by atoms with Gasteiger partial charge in [0.1, 0.15) is 36.9 Å². The van der Waals surface area contributed by atoms with Crippen LogP contribution in [0.25, 0.3) is 0 Å². The van der Waals surface area contributed by atoms with E-state index in [-0.39, 0.29) is 0 Å². The average molecular weight is 400 g/mol. The second kappa shape index (κ2) is 10.6. The number of hydrogen-bond acceptors (Lipinski definition) is 6. The summed E-state index contributed by atoms with van der Waals surface area (Å²) in [4.78, 5) is 0. The molecule has 0 radical (unpaired) electrons. The highest BCUT2D eigenvalue weighted by atomic mass is 16.6. The predicted octanol–water partition coefficient (Wildman–Crippen LogP) is 2.87. The lowest BCUT2D eigenvalue weighted by Crippen LogP contribution is -2.10. The van der Waals surface area contributed by atoms with Crippen LogP contribution >= 0.6 is 0 Å². The number of ether oxygens (including phenoxy) is 6. The van der Waals surface area contributed by atoms with Crippen molar-refractivity contribution in [2.45, 2.75) is 18.6 Å². The van der Waals surface area contributed by atoms with Gasteiger partial charge in [0.15, 0.2) is 0 Å². The van der Waals surface area contributed by atoms with E-state index in [1.807, 2.05) is 24.3 Å². The van der Waals surface area contributed by atoms with Gasteiger partial charge in [-0.3, -0.25) is 0 Å². The normalized spacial score (nSPS) is 19.7. The summed E-state index contributed by atoms with van der Waals surface area (Å²) in [6.07, 6.45) is 1.48. The maximum atomic E-state index is 5.70. The molecule has 0 aromatic heterocycles. The van der Waals surface area contributed by atoms with Gasteiger partial charge in [0.2, 0.25) is 0 Å². The van der Waals surface area contributed by atoms with Crippen LogP contribution in [0.3, 0.4) is 0 Å². The highest BCUT2D eigenvalue weighted by Gasteiger charge is 2.22.